The zero-order valence-corrected chi connectivity index (χ0v) is 48.9. The van der Waals surface area contributed by atoms with Crippen LogP contribution in [0.1, 0.15) is 342 Å². The second-order valence-electron chi connectivity index (χ2n) is 21.7. The Morgan fingerprint density at radius 2 is 0.493 bits per heavy atom. The SMILES string of the molecule is CCCCC/C=C\C/C=C\CCCCCCCCCC(=O)OC(COC(=O)CCCCCCC/C=C\CCCCCC)COC(=O)CCCCCCCCCCCCCCC/C=C\CCCCCCCCCC. The van der Waals surface area contributed by atoms with E-state index in [9.17, 15) is 14.4 Å². The normalized spacial score (nSPS) is 12.3. The molecular weight excluding hydrogens is 901 g/mol. The van der Waals surface area contributed by atoms with Crippen LogP contribution in [0.25, 0.3) is 0 Å². The molecule has 0 aliphatic carbocycles. The summed E-state index contributed by atoms with van der Waals surface area (Å²) < 4.78 is 16.9. The van der Waals surface area contributed by atoms with Crippen molar-refractivity contribution in [1.29, 1.82) is 0 Å². The van der Waals surface area contributed by atoms with Gasteiger partial charge in [0.25, 0.3) is 0 Å². The van der Waals surface area contributed by atoms with E-state index >= 15 is 0 Å². The van der Waals surface area contributed by atoms with Crippen LogP contribution in [0.5, 0.6) is 0 Å². The molecule has 0 aromatic carbocycles. The molecule has 0 aromatic heterocycles. The van der Waals surface area contributed by atoms with Crippen molar-refractivity contribution in [3.05, 3.63) is 48.6 Å². The standard InChI is InChI=1S/C67H122O6/c1-4-7-10-13-16-19-22-25-27-29-30-31-32-33-34-35-36-38-39-42-45-48-51-54-57-60-66(69)72-63-64(62-71-65(68)59-56-53-50-47-44-41-24-21-18-15-12-9-6-3)73-67(70)61-58-55-52-49-46-43-40-37-28-26-23-20-17-14-11-8-5-2/h17,20-21,24,26,28-30,64H,4-16,18-19,22-23,25,27,31-63H2,1-3H3/b20-17-,24-21-,28-26-,30-29-. The van der Waals surface area contributed by atoms with Crippen LogP contribution in [-0.4, -0.2) is 37.2 Å². The van der Waals surface area contributed by atoms with Gasteiger partial charge < -0.3 is 14.2 Å². The van der Waals surface area contributed by atoms with Crippen molar-refractivity contribution in [1.82, 2.24) is 0 Å². The lowest BCUT2D eigenvalue weighted by molar-refractivity contribution is -0.167. The van der Waals surface area contributed by atoms with Gasteiger partial charge in [-0.1, -0.05) is 268 Å². The molecule has 0 amide bonds. The maximum absolute atomic E-state index is 12.9. The Morgan fingerprint density at radius 3 is 0.808 bits per heavy atom. The molecule has 0 saturated carbocycles. The lowest BCUT2D eigenvalue weighted by Gasteiger charge is -2.18. The third kappa shape index (κ3) is 60.1. The zero-order valence-electron chi connectivity index (χ0n) is 48.9. The van der Waals surface area contributed by atoms with Crippen molar-refractivity contribution in [3.8, 4) is 0 Å². The van der Waals surface area contributed by atoms with Gasteiger partial charge >= 0.3 is 17.9 Å². The van der Waals surface area contributed by atoms with E-state index in [1.165, 1.54) is 225 Å². The molecule has 0 spiro atoms. The van der Waals surface area contributed by atoms with Gasteiger partial charge in [0.2, 0.25) is 0 Å². The summed E-state index contributed by atoms with van der Waals surface area (Å²) >= 11 is 0. The highest BCUT2D eigenvalue weighted by atomic mass is 16.6. The third-order valence-corrected chi connectivity index (χ3v) is 14.3. The van der Waals surface area contributed by atoms with Gasteiger partial charge in [0.1, 0.15) is 13.2 Å². The number of ether oxygens (including phenoxy) is 3. The van der Waals surface area contributed by atoms with Gasteiger partial charge in [0.15, 0.2) is 6.10 Å². The minimum absolute atomic E-state index is 0.0766. The molecule has 73 heavy (non-hydrogen) atoms. The number of esters is 3. The summed E-state index contributed by atoms with van der Waals surface area (Å²) in [6, 6.07) is 0. The fourth-order valence-corrected chi connectivity index (χ4v) is 9.41. The number of unbranched alkanes of at least 4 members (excludes halogenated alkanes) is 40. The fourth-order valence-electron chi connectivity index (χ4n) is 9.41. The quantitative estimate of drug-likeness (QED) is 0.0261. The first-order valence-corrected chi connectivity index (χ1v) is 32.1. The summed E-state index contributed by atoms with van der Waals surface area (Å²) in [6.07, 6.45) is 76.9. The summed E-state index contributed by atoms with van der Waals surface area (Å²) in [7, 11) is 0. The molecule has 426 valence electrons. The van der Waals surface area contributed by atoms with E-state index in [2.05, 4.69) is 69.4 Å². The molecule has 0 fully saturated rings. The van der Waals surface area contributed by atoms with Crippen molar-refractivity contribution in [2.24, 2.45) is 0 Å². The fraction of sp³-hybridized carbons (Fsp3) is 0.836. The van der Waals surface area contributed by atoms with E-state index in [1.54, 1.807) is 0 Å². The lowest BCUT2D eigenvalue weighted by Crippen LogP contribution is -2.30. The van der Waals surface area contributed by atoms with E-state index in [0.717, 1.165) is 77.0 Å². The van der Waals surface area contributed by atoms with Crippen LogP contribution in [0, 0.1) is 0 Å². The maximum Gasteiger partial charge on any atom is 0.306 e. The Labute approximate surface area is 454 Å². The predicted molar refractivity (Wildman–Crippen MR) is 316 cm³/mol. The van der Waals surface area contributed by atoms with E-state index in [1.807, 2.05) is 0 Å². The Balaban J connectivity index is 4.26. The Kier molecular flexibility index (Phi) is 59.7. The first kappa shape index (κ1) is 70.4. The van der Waals surface area contributed by atoms with E-state index in [4.69, 9.17) is 14.2 Å². The van der Waals surface area contributed by atoms with Gasteiger partial charge in [0, 0.05) is 19.3 Å². The van der Waals surface area contributed by atoms with Gasteiger partial charge in [-0.25, -0.2) is 0 Å². The van der Waals surface area contributed by atoms with Gasteiger partial charge in [-0.3, -0.25) is 14.4 Å². The smallest absolute Gasteiger partial charge is 0.306 e. The largest absolute Gasteiger partial charge is 0.462 e. The van der Waals surface area contributed by atoms with Gasteiger partial charge in [-0.05, 0) is 103 Å². The van der Waals surface area contributed by atoms with Gasteiger partial charge in [0.05, 0.1) is 0 Å². The van der Waals surface area contributed by atoms with Crippen LogP contribution >= 0.6 is 0 Å². The third-order valence-electron chi connectivity index (χ3n) is 14.3. The lowest BCUT2D eigenvalue weighted by atomic mass is 10.0. The van der Waals surface area contributed by atoms with E-state index in [0.29, 0.717) is 19.3 Å². The maximum atomic E-state index is 12.9. The first-order valence-electron chi connectivity index (χ1n) is 32.1. The molecule has 0 aromatic rings. The van der Waals surface area contributed by atoms with E-state index < -0.39 is 6.10 Å². The molecule has 6 heteroatoms. The van der Waals surface area contributed by atoms with Crippen molar-refractivity contribution in [2.45, 2.75) is 348 Å². The summed E-state index contributed by atoms with van der Waals surface area (Å²) in [5.41, 5.74) is 0. The molecule has 0 saturated heterocycles. The summed E-state index contributed by atoms with van der Waals surface area (Å²) in [5, 5.41) is 0. The number of hydrogen-bond donors (Lipinski definition) is 0. The second kappa shape index (κ2) is 61.9. The average molecular weight is 1020 g/mol. The molecule has 1 unspecified atom stereocenters. The highest BCUT2D eigenvalue weighted by Gasteiger charge is 2.19. The van der Waals surface area contributed by atoms with Gasteiger partial charge in [-0.2, -0.15) is 0 Å². The summed E-state index contributed by atoms with van der Waals surface area (Å²) in [6.45, 7) is 6.63. The van der Waals surface area contributed by atoms with Crippen LogP contribution in [0.3, 0.4) is 0 Å². The monoisotopic (exact) mass is 1020 g/mol. The number of hydrogen-bond acceptors (Lipinski definition) is 6. The Bertz CT molecular complexity index is 1270. The Hall–Kier alpha value is -2.63. The van der Waals surface area contributed by atoms with Crippen molar-refractivity contribution >= 4 is 17.9 Å². The molecule has 1 atom stereocenters. The summed E-state index contributed by atoms with van der Waals surface area (Å²) in [5.74, 6) is -0.876. The van der Waals surface area contributed by atoms with Crippen LogP contribution < -0.4 is 0 Å². The minimum Gasteiger partial charge on any atom is -0.462 e. The van der Waals surface area contributed by atoms with Gasteiger partial charge in [-0.15, -0.1) is 0 Å². The summed E-state index contributed by atoms with van der Waals surface area (Å²) in [4.78, 5) is 38.3. The number of allylic oxidation sites excluding steroid dienone is 8. The molecule has 0 heterocycles. The molecule has 6 nitrogen and oxygen atoms in total. The van der Waals surface area contributed by atoms with Crippen molar-refractivity contribution < 1.29 is 28.6 Å². The zero-order chi connectivity index (χ0) is 52.9. The number of carbonyl (C=O) groups excluding carboxylic acids is 3. The minimum atomic E-state index is -0.780. The van der Waals surface area contributed by atoms with Crippen LogP contribution in [0.15, 0.2) is 48.6 Å². The first-order chi connectivity index (χ1) is 36.0. The molecule has 0 rings (SSSR count). The second-order valence-corrected chi connectivity index (χ2v) is 21.7. The Morgan fingerprint density at radius 1 is 0.274 bits per heavy atom. The topological polar surface area (TPSA) is 78.9 Å². The number of carbonyl (C=O) groups is 3. The average Bonchev–Trinajstić information content (AvgIpc) is 3.39. The molecule has 0 N–H and O–H groups in total. The highest BCUT2D eigenvalue weighted by Crippen LogP contribution is 2.17. The highest BCUT2D eigenvalue weighted by molar-refractivity contribution is 5.71. The van der Waals surface area contributed by atoms with Crippen molar-refractivity contribution in [2.75, 3.05) is 13.2 Å². The molecule has 0 aliphatic heterocycles. The molecule has 0 radical (unpaired) electrons. The number of rotatable bonds is 59. The molecule has 0 bridgehead atoms. The predicted octanol–water partition coefficient (Wildman–Crippen LogP) is 21.8. The van der Waals surface area contributed by atoms with Crippen molar-refractivity contribution in [3.63, 3.8) is 0 Å². The molecular formula is C67H122O6. The van der Waals surface area contributed by atoms with Crippen LogP contribution in [-0.2, 0) is 28.6 Å². The van der Waals surface area contributed by atoms with E-state index in [-0.39, 0.29) is 31.1 Å². The van der Waals surface area contributed by atoms with Crippen LogP contribution in [0.2, 0.25) is 0 Å². The molecule has 0 aliphatic rings. The van der Waals surface area contributed by atoms with Crippen LogP contribution in [0.4, 0.5) is 0 Å².